The van der Waals surface area contributed by atoms with Gasteiger partial charge in [0.2, 0.25) is 5.78 Å². The molecule has 0 spiro atoms. The summed E-state index contributed by atoms with van der Waals surface area (Å²) in [6, 6.07) is 3.45. The predicted molar refractivity (Wildman–Crippen MR) is 89.2 cm³/mol. The summed E-state index contributed by atoms with van der Waals surface area (Å²) < 4.78 is 5.62. The SMILES string of the molecule is CC(C)c1cc2c(cc1O)C13CCCC(C)(C)C1C(OC3=O)C2=O. The fourth-order valence-corrected chi connectivity index (χ4v) is 5.40. The van der Waals surface area contributed by atoms with Gasteiger partial charge < -0.3 is 9.84 Å². The fourth-order valence-electron chi connectivity index (χ4n) is 5.40. The minimum atomic E-state index is -0.775. The second kappa shape index (κ2) is 4.62. The molecule has 3 unspecified atom stereocenters. The number of aromatic hydroxyl groups is 1. The van der Waals surface area contributed by atoms with Crippen LogP contribution < -0.4 is 0 Å². The molecule has 128 valence electrons. The van der Waals surface area contributed by atoms with Gasteiger partial charge in [0.15, 0.2) is 6.10 Å². The topological polar surface area (TPSA) is 63.6 Å². The first kappa shape index (κ1) is 15.7. The van der Waals surface area contributed by atoms with Gasteiger partial charge in [0.1, 0.15) is 11.2 Å². The van der Waals surface area contributed by atoms with Crippen LogP contribution in [0, 0.1) is 11.3 Å². The van der Waals surface area contributed by atoms with Gasteiger partial charge in [0.05, 0.1) is 0 Å². The van der Waals surface area contributed by atoms with Gasteiger partial charge in [0, 0.05) is 11.5 Å². The number of benzene rings is 1. The zero-order valence-electron chi connectivity index (χ0n) is 14.7. The van der Waals surface area contributed by atoms with Crippen molar-refractivity contribution in [2.45, 2.75) is 64.4 Å². The van der Waals surface area contributed by atoms with Crippen LogP contribution in [0.3, 0.4) is 0 Å². The Labute approximate surface area is 142 Å². The van der Waals surface area contributed by atoms with Gasteiger partial charge in [-0.25, -0.2) is 0 Å². The summed E-state index contributed by atoms with van der Waals surface area (Å²) in [5.74, 6) is -0.250. The molecule has 1 saturated heterocycles. The van der Waals surface area contributed by atoms with Crippen molar-refractivity contribution < 1.29 is 19.4 Å². The van der Waals surface area contributed by atoms with Crippen LogP contribution >= 0.6 is 0 Å². The molecule has 4 rings (SSSR count). The summed E-state index contributed by atoms with van der Waals surface area (Å²) in [6.45, 7) is 8.22. The highest BCUT2D eigenvalue weighted by Gasteiger charge is 2.69. The van der Waals surface area contributed by atoms with Crippen LogP contribution in [-0.2, 0) is 14.9 Å². The smallest absolute Gasteiger partial charge is 0.317 e. The van der Waals surface area contributed by atoms with E-state index < -0.39 is 11.5 Å². The maximum atomic E-state index is 13.1. The third kappa shape index (κ3) is 1.69. The van der Waals surface area contributed by atoms with Crippen LogP contribution in [0.15, 0.2) is 12.1 Å². The van der Waals surface area contributed by atoms with E-state index in [2.05, 4.69) is 13.8 Å². The normalized spacial score (nSPS) is 33.2. The maximum absolute atomic E-state index is 13.1. The molecular formula is C20H24O4. The number of phenolic OH excluding ortho intramolecular Hbond substituents is 1. The fraction of sp³-hybridized carbons (Fsp3) is 0.600. The Morgan fingerprint density at radius 3 is 2.58 bits per heavy atom. The summed E-state index contributed by atoms with van der Waals surface area (Å²) in [5, 5.41) is 10.5. The first-order valence-electron chi connectivity index (χ1n) is 8.83. The molecule has 24 heavy (non-hydrogen) atoms. The van der Waals surface area contributed by atoms with E-state index >= 15 is 0 Å². The lowest BCUT2D eigenvalue weighted by atomic mass is 9.50. The molecule has 1 aromatic carbocycles. The highest BCUT2D eigenvalue weighted by atomic mass is 16.6. The summed E-state index contributed by atoms with van der Waals surface area (Å²) in [4.78, 5) is 26.0. The number of carbonyl (C=O) groups is 2. The number of carbonyl (C=O) groups excluding carboxylic acids is 2. The van der Waals surface area contributed by atoms with Crippen molar-refractivity contribution in [2.75, 3.05) is 0 Å². The van der Waals surface area contributed by atoms with Crippen molar-refractivity contribution in [2.24, 2.45) is 11.3 Å². The number of fused-ring (bicyclic) bond motifs is 1. The van der Waals surface area contributed by atoms with Gasteiger partial charge >= 0.3 is 5.97 Å². The minimum Gasteiger partial charge on any atom is -0.508 e. The highest BCUT2D eigenvalue weighted by molar-refractivity contribution is 6.10. The van der Waals surface area contributed by atoms with Crippen molar-refractivity contribution in [1.82, 2.24) is 0 Å². The summed E-state index contributed by atoms with van der Waals surface area (Å²) >= 11 is 0. The summed E-state index contributed by atoms with van der Waals surface area (Å²) in [5.41, 5.74) is 1.09. The largest absolute Gasteiger partial charge is 0.508 e. The monoisotopic (exact) mass is 328 g/mol. The lowest BCUT2D eigenvalue weighted by molar-refractivity contribution is -0.144. The Morgan fingerprint density at radius 2 is 1.92 bits per heavy atom. The van der Waals surface area contributed by atoms with Crippen molar-refractivity contribution >= 4 is 11.8 Å². The second-order valence-electron chi connectivity index (χ2n) is 8.59. The van der Waals surface area contributed by atoms with Gasteiger partial charge in [-0.2, -0.15) is 0 Å². The van der Waals surface area contributed by atoms with Gasteiger partial charge in [-0.3, -0.25) is 9.59 Å². The van der Waals surface area contributed by atoms with E-state index in [1.807, 2.05) is 13.8 Å². The van der Waals surface area contributed by atoms with Crippen LogP contribution in [0.2, 0.25) is 0 Å². The number of Topliss-reactive ketones (excluding diaryl/α,β-unsaturated/α-hetero) is 1. The number of ketones is 1. The maximum Gasteiger partial charge on any atom is 0.317 e. The van der Waals surface area contributed by atoms with E-state index in [-0.39, 0.29) is 34.8 Å². The average Bonchev–Trinajstić information content (AvgIpc) is 2.77. The standard InChI is InChI=1S/C20H24O4/c1-10(2)11-8-12-13(9-14(11)21)20-7-5-6-19(3,4)17(20)16(15(12)22)24-18(20)23/h8-10,16-17,21H,5-7H2,1-4H3. The van der Waals surface area contributed by atoms with E-state index in [1.54, 1.807) is 12.1 Å². The number of hydrogen-bond donors (Lipinski definition) is 1. The zero-order chi connectivity index (χ0) is 17.4. The lowest BCUT2D eigenvalue weighted by Gasteiger charge is -2.49. The molecule has 1 heterocycles. The van der Waals surface area contributed by atoms with E-state index in [1.165, 1.54) is 0 Å². The second-order valence-corrected chi connectivity index (χ2v) is 8.59. The quantitative estimate of drug-likeness (QED) is 0.798. The molecular weight excluding hydrogens is 304 g/mol. The van der Waals surface area contributed by atoms with Gasteiger partial charge in [-0.15, -0.1) is 0 Å². The van der Waals surface area contributed by atoms with Gasteiger partial charge in [-0.1, -0.05) is 34.1 Å². The lowest BCUT2D eigenvalue weighted by Crippen LogP contribution is -2.54. The third-order valence-electron chi connectivity index (χ3n) is 6.46. The molecule has 1 aliphatic heterocycles. The first-order valence-corrected chi connectivity index (χ1v) is 8.83. The molecule has 0 radical (unpaired) electrons. The molecule has 1 saturated carbocycles. The average molecular weight is 328 g/mol. The molecule has 2 fully saturated rings. The van der Waals surface area contributed by atoms with Crippen LogP contribution in [0.5, 0.6) is 5.75 Å². The molecule has 1 aromatic rings. The highest BCUT2D eigenvalue weighted by Crippen LogP contribution is 2.62. The van der Waals surface area contributed by atoms with E-state index in [9.17, 15) is 14.7 Å². The third-order valence-corrected chi connectivity index (χ3v) is 6.46. The molecule has 4 heteroatoms. The number of phenols is 1. The number of esters is 1. The van der Waals surface area contributed by atoms with Crippen molar-refractivity contribution in [3.63, 3.8) is 0 Å². The molecule has 3 atom stereocenters. The minimum absolute atomic E-state index is 0.103. The molecule has 1 N–H and O–H groups in total. The molecule has 0 amide bonds. The van der Waals surface area contributed by atoms with Crippen molar-refractivity contribution in [3.8, 4) is 5.75 Å². The van der Waals surface area contributed by atoms with Crippen LogP contribution in [0.25, 0.3) is 0 Å². The molecule has 2 aliphatic carbocycles. The van der Waals surface area contributed by atoms with E-state index in [0.717, 1.165) is 18.4 Å². The summed E-state index contributed by atoms with van der Waals surface area (Å²) in [6.07, 6.45) is 1.92. The summed E-state index contributed by atoms with van der Waals surface area (Å²) in [7, 11) is 0. The Morgan fingerprint density at radius 1 is 1.21 bits per heavy atom. The van der Waals surface area contributed by atoms with Gasteiger partial charge in [-0.05, 0) is 47.4 Å². The molecule has 4 nitrogen and oxygen atoms in total. The van der Waals surface area contributed by atoms with Crippen molar-refractivity contribution in [1.29, 1.82) is 0 Å². The van der Waals surface area contributed by atoms with Crippen LogP contribution in [0.4, 0.5) is 0 Å². The van der Waals surface area contributed by atoms with Crippen LogP contribution in [0.1, 0.15) is 74.4 Å². The molecule has 0 aromatic heterocycles. The predicted octanol–water partition coefficient (Wildman–Crippen LogP) is 3.70. The Kier molecular flexibility index (Phi) is 3.02. The van der Waals surface area contributed by atoms with E-state index in [4.69, 9.17) is 4.74 Å². The molecule has 2 bridgehead atoms. The Bertz CT molecular complexity index is 761. The van der Waals surface area contributed by atoms with Gasteiger partial charge in [0.25, 0.3) is 0 Å². The Hall–Kier alpha value is -1.84. The van der Waals surface area contributed by atoms with E-state index in [0.29, 0.717) is 17.5 Å². The Balaban J connectivity index is 2.02. The van der Waals surface area contributed by atoms with Crippen LogP contribution in [-0.4, -0.2) is 23.0 Å². The molecule has 3 aliphatic rings. The van der Waals surface area contributed by atoms with Crippen molar-refractivity contribution in [3.05, 3.63) is 28.8 Å². The number of hydrogen-bond acceptors (Lipinski definition) is 4. The first-order chi connectivity index (χ1) is 11.2. The number of ether oxygens (including phenoxy) is 1. The zero-order valence-corrected chi connectivity index (χ0v) is 14.7. The number of rotatable bonds is 1.